The second kappa shape index (κ2) is 10.4. The first-order valence-corrected chi connectivity index (χ1v) is 13.0. The summed E-state index contributed by atoms with van der Waals surface area (Å²) in [4.78, 5) is 30.4. The molecule has 0 aliphatic carbocycles. The van der Waals surface area contributed by atoms with Crippen LogP contribution in [-0.4, -0.2) is 66.2 Å². The Morgan fingerprint density at radius 1 is 1.03 bits per heavy atom. The topological polar surface area (TPSA) is 80.3 Å². The molecule has 192 valence electrons. The molecule has 0 saturated carbocycles. The molecule has 2 aromatic rings. The van der Waals surface area contributed by atoms with Gasteiger partial charge in [0.05, 0.1) is 13.2 Å². The molecule has 0 spiro atoms. The molecular weight excluding hydrogens is 458 g/mol. The van der Waals surface area contributed by atoms with E-state index in [0.29, 0.717) is 31.1 Å². The van der Waals surface area contributed by atoms with Gasteiger partial charge < -0.3 is 19.5 Å². The lowest BCUT2D eigenvalue weighted by Gasteiger charge is -2.40. The summed E-state index contributed by atoms with van der Waals surface area (Å²) in [6, 6.07) is 15.4. The number of para-hydroxylation sites is 2. The number of hydrogen-bond acceptors (Lipinski definition) is 6. The van der Waals surface area contributed by atoms with Crippen molar-refractivity contribution in [2.24, 2.45) is 5.92 Å². The highest BCUT2D eigenvalue weighted by Gasteiger charge is 2.55. The van der Waals surface area contributed by atoms with Crippen LogP contribution < -0.4 is 19.5 Å². The normalized spacial score (nSPS) is 24.6. The quantitative estimate of drug-likeness (QED) is 0.563. The fourth-order valence-electron chi connectivity index (χ4n) is 5.67. The van der Waals surface area contributed by atoms with Crippen molar-refractivity contribution in [3.8, 4) is 17.2 Å². The Labute approximate surface area is 212 Å². The first-order valence-electron chi connectivity index (χ1n) is 13.0. The van der Waals surface area contributed by atoms with Crippen LogP contribution in [0.3, 0.4) is 0 Å². The Morgan fingerprint density at radius 3 is 2.44 bits per heavy atom. The number of urea groups is 1. The molecule has 1 N–H and O–H groups in total. The van der Waals surface area contributed by atoms with Crippen molar-refractivity contribution in [1.82, 2.24) is 15.1 Å². The van der Waals surface area contributed by atoms with E-state index in [1.807, 2.05) is 50.2 Å². The van der Waals surface area contributed by atoms with E-state index < -0.39 is 11.6 Å². The summed E-state index contributed by atoms with van der Waals surface area (Å²) in [6.45, 7) is 7.76. The van der Waals surface area contributed by atoms with Gasteiger partial charge >= 0.3 is 6.03 Å². The molecule has 3 aliphatic heterocycles. The van der Waals surface area contributed by atoms with Crippen LogP contribution in [0.5, 0.6) is 17.2 Å². The van der Waals surface area contributed by atoms with Crippen LogP contribution in [0.15, 0.2) is 48.5 Å². The number of hydrogen-bond donors (Lipinski definition) is 1. The maximum Gasteiger partial charge on any atom is 0.325 e. The molecule has 2 saturated heterocycles. The van der Waals surface area contributed by atoms with Crippen LogP contribution in [0.1, 0.15) is 38.7 Å². The highest BCUT2D eigenvalue weighted by Crippen LogP contribution is 2.37. The number of rotatable bonds is 8. The van der Waals surface area contributed by atoms with Gasteiger partial charge in [0.25, 0.3) is 5.91 Å². The highest BCUT2D eigenvalue weighted by atomic mass is 16.6. The predicted octanol–water partition coefficient (Wildman–Crippen LogP) is 3.84. The van der Waals surface area contributed by atoms with Crippen LogP contribution in [0.4, 0.5) is 4.79 Å². The lowest BCUT2D eigenvalue weighted by molar-refractivity contribution is -0.135. The van der Waals surface area contributed by atoms with E-state index in [1.54, 1.807) is 0 Å². The van der Waals surface area contributed by atoms with Crippen LogP contribution in [-0.2, 0) is 11.3 Å². The standard InChI is InChI=1S/C28H35N3O5/c1-3-28(21-13-15-30(16-14-21)17-20-9-11-22(12-10-20)34-4-2)26(32)31(27(33)29-28)18-23-19-35-24-7-5-6-8-25(24)36-23/h5-12,21,23H,3-4,13-19H2,1-2H3,(H,29,33)/t23-,28-/m0/s1. The first-order chi connectivity index (χ1) is 17.5. The van der Waals surface area contributed by atoms with Gasteiger partial charge in [-0.1, -0.05) is 31.2 Å². The van der Waals surface area contributed by atoms with Crippen molar-refractivity contribution in [2.75, 3.05) is 32.8 Å². The Morgan fingerprint density at radius 2 is 1.75 bits per heavy atom. The van der Waals surface area contributed by atoms with Crippen molar-refractivity contribution in [2.45, 2.75) is 51.3 Å². The van der Waals surface area contributed by atoms with E-state index in [4.69, 9.17) is 14.2 Å². The van der Waals surface area contributed by atoms with E-state index in [-0.39, 0.29) is 24.4 Å². The minimum absolute atomic E-state index is 0.102. The Bertz CT molecular complexity index is 1080. The number of benzene rings is 2. The van der Waals surface area contributed by atoms with Crippen LogP contribution in [0.2, 0.25) is 0 Å². The summed E-state index contributed by atoms with van der Waals surface area (Å²) in [7, 11) is 0. The Kier molecular flexibility index (Phi) is 7.05. The van der Waals surface area contributed by atoms with E-state index in [1.165, 1.54) is 10.5 Å². The molecule has 8 nitrogen and oxygen atoms in total. The van der Waals surface area contributed by atoms with Crippen molar-refractivity contribution >= 4 is 11.9 Å². The minimum atomic E-state index is -0.851. The molecule has 0 bridgehead atoms. The maximum absolute atomic E-state index is 13.7. The molecule has 0 unspecified atom stereocenters. The number of ether oxygens (including phenoxy) is 3. The number of carbonyl (C=O) groups excluding carboxylic acids is 2. The summed E-state index contributed by atoms with van der Waals surface area (Å²) in [5.41, 5.74) is 0.394. The SMILES string of the molecule is CCOc1ccc(CN2CCC([C@]3(CC)NC(=O)N(C[C@H]4COc5ccccc5O4)C3=O)CC2)cc1. The number of amides is 3. The van der Waals surface area contributed by atoms with Crippen molar-refractivity contribution in [3.05, 3.63) is 54.1 Å². The fraction of sp³-hybridized carbons (Fsp3) is 0.500. The summed E-state index contributed by atoms with van der Waals surface area (Å²) in [6.07, 6.45) is 1.91. The zero-order valence-electron chi connectivity index (χ0n) is 21.1. The molecular formula is C28H35N3O5. The Balaban J connectivity index is 1.19. The second-order valence-corrected chi connectivity index (χ2v) is 9.80. The zero-order valence-corrected chi connectivity index (χ0v) is 21.1. The molecule has 0 aromatic heterocycles. The van der Waals surface area contributed by atoms with E-state index in [0.717, 1.165) is 38.2 Å². The van der Waals surface area contributed by atoms with Gasteiger partial charge in [0.1, 0.15) is 17.9 Å². The molecule has 3 aliphatic rings. The average molecular weight is 494 g/mol. The van der Waals surface area contributed by atoms with E-state index in [2.05, 4.69) is 22.3 Å². The predicted molar refractivity (Wildman–Crippen MR) is 135 cm³/mol. The highest BCUT2D eigenvalue weighted by molar-refractivity contribution is 6.07. The summed E-state index contributed by atoms with van der Waals surface area (Å²) < 4.78 is 17.3. The van der Waals surface area contributed by atoms with Gasteiger partial charge in [-0.25, -0.2) is 4.79 Å². The molecule has 0 radical (unpaired) electrons. The van der Waals surface area contributed by atoms with Gasteiger partial charge in [0, 0.05) is 6.54 Å². The van der Waals surface area contributed by atoms with Crippen molar-refractivity contribution in [1.29, 1.82) is 0 Å². The summed E-state index contributed by atoms with van der Waals surface area (Å²) in [5.74, 6) is 2.18. The third kappa shape index (κ3) is 4.74. The lowest BCUT2D eigenvalue weighted by atomic mass is 9.75. The number of nitrogens with one attached hydrogen (secondary N) is 1. The molecule has 5 rings (SSSR count). The monoisotopic (exact) mass is 493 g/mol. The van der Waals surface area contributed by atoms with Crippen LogP contribution in [0.25, 0.3) is 0 Å². The minimum Gasteiger partial charge on any atom is -0.494 e. The van der Waals surface area contributed by atoms with Crippen molar-refractivity contribution in [3.63, 3.8) is 0 Å². The molecule has 2 atom stereocenters. The third-order valence-corrected chi connectivity index (χ3v) is 7.64. The van der Waals surface area contributed by atoms with E-state index in [9.17, 15) is 9.59 Å². The first kappa shape index (κ1) is 24.4. The van der Waals surface area contributed by atoms with Gasteiger partial charge in [-0.05, 0) is 75.0 Å². The molecule has 36 heavy (non-hydrogen) atoms. The average Bonchev–Trinajstić information content (AvgIpc) is 3.15. The lowest BCUT2D eigenvalue weighted by Crippen LogP contribution is -2.56. The van der Waals surface area contributed by atoms with Gasteiger partial charge in [0.15, 0.2) is 17.6 Å². The summed E-state index contributed by atoms with van der Waals surface area (Å²) >= 11 is 0. The van der Waals surface area contributed by atoms with Crippen LogP contribution >= 0.6 is 0 Å². The Hall–Kier alpha value is -3.26. The second-order valence-electron chi connectivity index (χ2n) is 9.80. The van der Waals surface area contributed by atoms with Gasteiger partial charge in [0.2, 0.25) is 0 Å². The van der Waals surface area contributed by atoms with Crippen molar-refractivity contribution < 1.29 is 23.8 Å². The molecule has 3 heterocycles. The number of piperidine rings is 1. The molecule has 2 fully saturated rings. The number of likely N-dealkylation sites (tertiary alicyclic amines) is 1. The smallest absolute Gasteiger partial charge is 0.325 e. The largest absolute Gasteiger partial charge is 0.494 e. The van der Waals surface area contributed by atoms with Gasteiger partial charge in [-0.15, -0.1) is 0 Å². The summed E-state index contributed by atoms with van der Waals surface area (Å²) in [5, 5.41) is 3.09. The number of nitrogens with zero attached hydrogens (tertiary/aromatic N) is 2. The number of carbonyl (C=O) groups is 2. The number of imide groups is 1. The van der Waals surface area contributed by atoms with Gasteiger partial charge in [-0.3, -0.25) is 14.6 Å². The number of fused-ring (bicyclic) bond motifs is 1. The molecule has 8 heteroatoms. The third-order valence-electron chi connectivity index (χ3n) is 7.64. The van der Waals surface area contributed by atoms with E-state index >= 15 is 0 Å². The van der Waals surface area contributed by atoms with Crippen LogP contribution in [0, 0.1) is 5.92 Å². The zero-order chi connectivity index (χ0) is 25.1. The molecule has 2 aromatic carbocycles. The molecule has 3 amide bonds. The van der Waals surface area contributed by atoms with Gasteiger partial charge in [-0.2, -0.15) is 0 Å². The maximum atomic E-state index is 13.7. The fourth-order valence-corrected chi connectivity index (χ4v) is 5.67.